The fraction of sp³-hybridized carbons (Fsp3) is 0.0645. The van der Waals surface area contributed by atoms with Crippen LogP contribution in [0, 0.1) is 0 Å². The first-order valence-electron chi connectivity index (χ1n) is 12.4. The van der Waals surface area contributed by atoms with Gasteiger partial charge in [-0.2, -0.15) is 0 Å². The topological polar surface area (TPSA) is 152 Å². The van der Waals surface area contributed by atoms with E-state index in [1.165, 1.54) is 61.5 Å². The molecule has 0 radical (unpaired) electrons. The molecule has 0 bridgehead atoms. The minimum Gasteiger partial charge on any atom is -0.478 e. The molecule has 0 fully saturated rings. The smallest absolute Gasteiger partial charge is 0.347 e. The Bertz CT molecular complexity index is 1850. The lowest BCUT2D eigenvalue weighted by Gasteiger charge is -2.14. The summed E-state index contributed by atoms with van der Waals surface area (Å²) in [5, 5.41) is 9.41. The number of hydrogen-bond donors (Lipinski definition) is 1. The van der Waals surface area contributed by atoms with Gasteiger partial charge in [0, 0.05) is 29.3 Å². The lowest BCUT2D eigenvalue weighted by atomic mass is 10.0. The molecule has 0 saturated carbocycles. The monoisotopic (exact) mass is 566 g/mol. The summed E-state index contributed by atoms with van der Waals surface area (Å²) >= 11 is 0. The molecular formula is C31H18O11. The second kappa shape index (κ2) is 10.2. The Kier molecular flexibility index (Phi) is 6.39. The number of aromatic carboxylic acids is 1. The molecular weight excluding hydrogens is 548 g/mol. The van der Waals surface area contributed by atoms with Crippen LogP contribution in [0.1, 0.15) is 64.3 Å². The Balaban J connectivity index is 1.36. The minimum absolute atomic E-state index is 0.0338. The van der Waals surface area contributed by atoms with Crippen molar-refractivity contribution in [2.24, 2.45) is 0 Å². The number of benzene rings is 4. The van der Waals surface area contributed by atoms with E-state index in [0.29, 0.717) is 11.3 Å². The van der Waals surface area contributed by atoms with Crippen molar-refractivity contribution in [1.82, 2.24) is 0 Å². The van der Waals surface area contributed by atoms with Gasteiger partial charge >= 0.3 is 23.9 Å². The number of fused-ring (bicyclic) bond motifs is 2. The summed E-state index contributed by atoms with van der Waals surface area (Å²) < 4.78 is 27.6. The van der Waals surface area contributed by atoms with Crippen molar-refractivity contribution in [3.63, 3.8) is 0 Å². The van der Waals surface area contributed by atoms with E-state index in [1.807, 2.05) is 0 Å². The highest BCUT2D eigenvalue weighted by atomic mass is 16.6. The summed E-state index contributed by atoms with van der Waals surface area (Å²) in [4.78, 5) is 59.4. The molecule has 4 aromatic rings. The molecule has 2 heterocycles. The molecule has 6 rings (SSSR count). The Morgan fingerprint density at radius 1 is 0.619 bits per heavy atom. The Labute approximate surface area is 236 Å². The average molecular weight is 566 g/mol. The van der Waals surface area contributed by atoms with E-state index < -0.39 is 29.7 Å². The van der Waals surface area contributed by atoms with Crippen LogP contribution in [0.25, 0.3) is 0 Å². The number of ether oxygens (including phenoxy) is 5. The molecule has 0 aromatic heterocycles. The Morgan fingerprint density at radius 3 is 1.79 bits per heavy atom. The third-order valence-electron chi connectivity index (χ3n) is 6.44. The van der Waals surface area contributed by atoms with Gasteiger partial charge in [-0.3, -0.25) is 4.79 Å². The fourth-order valence-electron chi connectivity index (χ4n) is 4.48. The van der Waals surface area contributed by atoms with E-state index in [9.17, 15) is 29.1 Å². The molecule has 2 aliphatic rings. The predicted octanol–water partition coefficient (Wildman–Crippen LogP) is 5.95. The number of carboxylic acid groups (broad SMARTS) is 1. The maximum Gasteiger partial charge on any atom is 0.347 e. The van der Waals surface area contributed by atoms with Crippen molar-refractivity contribution in [1.29, 1.82) is 0 Å². The highest BCUT2D eigenvalue weighted by Crippen LogP contribution is 2.37. The average Bonchev–Trinajstić information content (AvgIpc) is 3.45. The lowest BCUT2D eigenvalue weighted by molar-refractivity contribution is 0.0441. The standard InChI is InChI=1S/C31H18O11/c1-15(32)25-11-18(4-6-23(25)28(33)34)40-21-8-20(39-17-3-2-16-14-38-29(35)26(16)12-17)9-22(10-21)41-19-5-7-24-27(13-19)31(37)42-30(24)36/h2-13H,14H2,1H3,(H,33,34). The van der Waals surface area contributed by atoms with Crippen LogP contribution in [0.2, 0.25) is 0 Å². The molecule has 0 amide bonds. The number of esters is 3. The van der Waals surface area contributed by atoms with Gasteiger partial charge < -0.3 is 28.8 Å². The number of ketones is 1. The first-order chi connectivity index (χ1) is 20.1. The van der Waals surface area contributed by atoms with Crippen molar-refractivity contribution in [3.05, 3.63) is 106 Å². The number of hydrogen-bond acceptors (Lipinski definition) is 10. The first-order valence-corrected chi connectivity index (χ1v) is 12.4. The van der Waals surface area contributed by atoms with Gasteiger partial charge in [0.2, 0.25) is 0 Å². The van der Waals surface area contributed by atoms with E-state index >= 15 is 0 Å². The van der Waals surface area contributed by atoms with Crippen LogP contribution in [0.4, 0.5) is 0 Å². The number of carbonyl (C=O) groups excluding carboxylic acids is 4. The molecule has 0 atom stereocenters. The molecule has 1 N–H and O–H groups in total. The summed E-state index contributed by atoms with van der Waals surface area (Å²) in [6, 6.07) is 17.7. The zero-order valence-electron chi connectivity index (χ0n) is 21.7. The quantitative estimate of drug-likeness (QED) is 0.153. The SMILES string of the molecule is CC(=O)c1cc(Oc2cc(Oc3ccc4c(c3)C(=O)OC4)cc(Oc3ccc4c(c3)C(=O)OC4=O)c2)ccc1C(=O)O. The van der Waals surface area contributed by atoms with Gasteiger partial charge in [-0.1, -0.05) is 6.07 Å². The maximum atomic E-state index is 12.1. The Morgan fingerprint density at radius 2 is 1.17 bits per heavy atom. The van der Waals surface area contributed by atoms with E-state index in [1.54, 1.807) is 18.2 Å². The second-order valence-electron chi connectivity index (χ2n) is 9.29. The fourth-order valence-corrected chi connectivity index (χ4v) is 4.48. The number of cyclic esters (lactones) is 3. The van der Waals surface area contributed by atoms with E-state index in [-0.39, 0.29) is 57.6 Å². The van der Waals surface area contributed by atoms with Crippen LogP contribution in [0.5, 0.6) is 34.5 Å². The van der Waals surface area contributed by atoms with Gasteiger partial charge in [-0.15, -0.1) is 0 Å². The number of rotatable bonds is 8. The minimum atomic E-state index is -1.25. The van der Waals surface area contributed by atoms with E-state index in [2.05, 4.69) is 4.74 Å². The summed E-state index contributed by atoms with van der Waals surface area (Å²) in [5.41, 5.74) is 1.09. The van der Waals surface area contributed by atoms with E-state index in [0.717, 1.165) is 5.56 Å². The zero-order chi connectivity index (χ0) is 29.5. The van der Waals surface area contributed by atoms with Crippen LogP contribution < -0.4 is 14.2 Å². The molecule has 0 spiro atoms. The van der Waals surface area contributed by atoms with Crippen molar-refractivity contribution in [2.45, 2.75) is 13.5 Å². The molecule has 208 valence electrons. The van der Waals surface area contributed by atoms with Crippen LogP contribution in [0.15, 0.2) is 72.8 Å². The lowest BCUT2D eigenvalue weighted by Crippen LogP contribution is -2.06. The molecule has 11 heteroatoms. The first kappa shape index (κ1) is 26.3. The van der Waals surface area contributed by atoms with Crippen molar-refractivity contribution in [2.75, 3.05) is 0 Å². The molecule has 0 aliphatic carbocycles. The van der Waals surface area contributed by atoms with Gasteiger partial charge in [0.05, 0.1) is 22.3 Å². The van der Waals surface area contributed by atoms with Crippen molar-refractivity contribution < 1.29 is 52.8 Å². The molecule has 0 unspecified atom stereocenters. The van der Waals surface area contributed by atoms with E-state index in [4.69, 9.17) is 18.9 Å². The second-order valence-corrected chi connectivity index (χ2v) is 9.29. The molecule has 4 aromatic carbocycles. The van der Waals surface area contributed by atoms with Crippen LogP contribution >= 0.6 is 0 Å². The number of Topliss-reactive ketones (excluding diaryl/α,β-unsaturated/α-hetero) is 1. The Hall–Kier alpha value is -5.97. The third kappa shape index (κ3) is 5.02. The van der Waals surface area contributed by atoms with Gasteiger partial charge in [-0.25, -0.2) is 19.2 Å². The number of carbonyl (C=O) groups is 5. The number of carboxylic acids is 1. The largest absolute Gasteiger partial charge is 0.478 e. The highest BCUT2D eigenvalue weighted by molar-refractivity contribution is 6.14. The third-order valence-corrected chi connectivity index (χ3v) is 6.44. The summed E-state index contributed by atoms with van der Waals surface area (Å²) in [6.45, 7) is 1.43. The highest BCUT2D eigenvalue weighted by Gasteiger charge is 2.30. The van der Waals surface area contributed by atoms with Crippen molar-refractivity contribution in [3.8, 4) is 34.5 Å². The van der Waals surface area contributed by atoms with Crippen LogP contribution in [-0.2, 0) is 16.1 Å². The van der Waals surface area contributed by atoms with Gasteiger partial charge in [0.25, 0.3) is 0 Å². The normalized spacial score (nSPS) is 13.1. The molecule has 11 nitrogen and oxygen atoms in total. The van der Waals surface area contributed by atoms with Crippen LogP contribution in [-0.4, -0.2) is 34.8 Å². The maximum absolute atomic E-state index is 12.1. The van der Waals surface area contributed by atoms with Gasteiger partial charge in [-0.05, 0) is 55.5 Å². The molecule has 42 heavy (non-hydrogen) atoms. The van der Waals surface area contributed by atoms with Gasteiger partial charge in [0.1, 0.15) is 41.1 Å². The predicted molar refractivity (Wildman–Crippen MR) is 142 cm³/mol. The van der Waals surface area contributed by atoms with Crippen molar-refractivity contribution >= 4 is 29.7 Å². The summed E-state index contributed by atoms with van der Waals surface area (Å²) in [7, 11) is 0. The molecule has 2 aliphatic heterocycles. The van der Waals surface area contributed by atoms with Gasteiger partial charge in [0.15, 0.2) is 5.78 Å². The summed E-state index contributed by atoms with van der Waals surface area (Å²) in [6.07, 6.45) is 0. The van der Waals surface area contributed by atoms with Crippen LogP contribution in [0.3, 0.4) is 0 Å². The zero-order valence-corrected chi connectivity index (χ0v) is 21.7. The summed E-state index contributed by atoms with van der Waals surface area (Å²) in [5.74, 6) is -2.35. The molecule has 0 saturated heterocycles.